The molecule has 4 rings (SSSR count). The van der Waals surface area contributed by atoms with Gasteiger partial charge >= 0.3 is 6.18 Å². The Morgan fingerprint density at radius 2 is 1.76 bits per heavy atom. The van der Waals surface area contributed by atoms with Gasteiger partial charge in [0, 0.05) is 17.1 Å². The lowest BCUT2D eigenvalue weighted by Gasteiger charge is -2.25. The molecular weight excluding hydrogens is 465 g/mol. The highest BCUT2D eigenvalue weighted by Crippen LogP contribution is 2.38. The van der Waals surface area contributed by atoms with Gasteiger partial charge in [-0.15, -0.1) is 0 Å². The predicted octanol–water partition coefficient (Wildman–Crippen LogP) is 6.96. The first kappa shape index (κ1) is 23.8. The number of hydrogen-bond donors (Lipinski definition) is 0. The number of benzene rings is 3. The van der Waals surface area contributed by atoms with E-state index in [0.29, 0.717) is 28.4 Å². The van der Waals surface area contributed by atoms with Gasteiger partial charge in [-0.3, -0.25) is 14.7 Å². The fourth-order valence-corrected chi connectivity index (χ4v) is 4.06. The third kappa shape index (κ3) is 5.59. The fraction of sp³-hybridized carbons (Fsp3) is 0.231. The highest BCUT2D eigenvalue weighted by atomic mass is 35.5. The summed E-state index contributed by atoms with van der Waals surface area (Å²) in [5.74, 6) is -0.168. The second-order valence-electron chi connectivity index (χ2n) is 8.01. The van der Waals surface area contributed by atoms with Crippen molar-refractivity contribution in [1.29, 1.82) is 0 Å². The predicted molar refractivity (Wildman–Crippen MR) is 127 cm³/mol. The molecule has 0 saturated carbocycles. The van der Waals surface area contributed by atoms with Gasteiger partial charge < -0.3 is 4.74 Å². The first-order valence-electron chi connectivity index (χ1n) is 10.7. The van der Waals surface area contributed by atoms with Crippen molar-refractivity contribution in [3.8, 4) is 5.75 Å². The molecule has 0 bridgehead atoms. The number of aliphatic imine (C=N–C) groups is 1. The minimum absolute atomic E-state index is 0.0846. The zero-order valence-electron chi connectivity index (χ0n) is 18.3. The number of rotatable bonds is 6. The Morgan fingerprint density at radius 3 is 2.44 bits per heavy atom. The van der Waals surface area contributed by atoms with Crippen molar-refractivity contribution in [3.05, 3.63) is 95.0 Å². The van der Waals surface area contributed by atoms with Crippen LogP contribution in [0.5, 0.6) is 5.75 Å². The summed E-state index contributed by atoms with van der Waals surface area (Å²) < 4.78 is 42.8. The number of nitrogens with zero attached hydrogens (tertiary/aromatic N) is 2. The Balaban J connectivity index is 1.68. The molecule has 1 amide bonds. The zero-order valence-corrected chi connectivity index (χ0v) is 19.1. The Hall–Kier alpha value is -3.32. The molecule has 1 fully saturated rings. The molecule has 0 aliphatic carbocycles. The van der Waals surface area contributed by atoms with Crippen molar-refractivity contribution in [1.82, 2.24) is 0 Å². The number of halogens is 4. The van der Waals surface area contributed by atoms with Crippen LogP contribution in [0.3, 0.4) is 0 Å². The van der Waals surface area contributed by atoms with Crippen LogP contribution in [0.1, 0.15) is 36.6 Å². The first-order chi connectivity index (χ1) is 16.2. The Kier molecular flexibility index (Phi) is 6.93. The molecule has 1 aliphatic rings. The maximum atomic E-state index is 13.5. The third-order valence-corrected chi connectivity index (χ3v) is 5.80. The maximum absolute atomic E-state index is 13.5. The molecule has 3 aromatic rings. The minimum Gasteiger partial charge on any atom is -0.484 e. The lowest BCUT2D eigenvalue weighted by molar-refractivity contribution is -0.153. The second-order valence-corrected chi connectivity index (χ2v) is 8.45. The topological polar surface area (TPSA) is 41.9 Å². The average Bonchev–Trinajstić information content (AvgIpc) is 3.14. The molecule has 3 aromatic carbocycles. The van der Waals surface area contributed by atoms with E-state index >= 15 is 0 Å². The standard InChI is InChI=1S/C26H22ClF3N2O2/c1-17(18-6-3-2-4-7-18)31-23-15-24(32(25(23)33)21-12-10-20(27)11-13-21)19-8-5-9-22(14-19)34-16-26(28,29)30/h2-14,17,24H,15-16H2,1H3/t17-,24+/m1/s1. The molecule has 34 heavy (non-hydrogen) atoms. The van der Waals surface area contributed by atoms with Crippen LogP contribution in [0.15, 0.2) is 83.9 Å². The number of amides is 1. The largest absolute Gasteiger partial charge is 0.484 e. The monoisotopic (exact) mass is 486 g/mol. The van der Waals surface area contributed by atoms with Crippen LogP contribution in [0.25, 0.3) is 0 Å². The Bertz CT molecular complexity index is 1180. The van der Waals surface area contributed by atoms with Crippen molar-refractivity contribution in [3.63, 3.8) is 0 Å². The number of ether oxygens (including phenoxy) is 1. The lowest BCUT2D eigenvalue weighted by atomic mass is 10.0. The molecular formula is C26H22ClF3N2O2. The molecule has 1 aliphatic heterocycles. The molecule has 8 heteroatoms. The summed E-state index contributed by atoms with van der Waals surface area (Å²) in [7, 11) is 0. The molecule has 0 unspecified atom stereocenters. The van der Waals surface area contributed by atoms with E-state index in [9.17, 15) is 18.0 Å². The van der Waals surface area contributed by atoms with E-state index in [2.05, 4.69) is 0 Å². The Labute approximate surface area is 200 Å². The van der Waals surface area contributed by atoms with Crippen LogP contribution in [-0.4, -0.2) is 24.4 Å². The molecule has 0 radical (unpaired) electrons. The van der Waals surface area contributed by atoms with Crippen LogP contribution >= 0.6 is 11.6 Å². The highest BCUT2D eigenvalue weighted by Gasteiger charge is 2.39. The summed E-state index contributed by atoms with van der Waals surface area (Å²) >= 11 is 6.03. The molecule has 4 nitrogen and oxygen atoms in total. The van der Waals surface area contributed by atoms with Crippen molar-refractivity contribution >= 4 is 28.9 Å². The van der Waals surface area contributed by atoms with Crippen molar-refractivity contribution in [2.75, 3.05) is 11.5 Å². The summed E-state index contributed by atoms with van der Waals surface area (Å²) in [6.07, 6.45) is -4.14. The van der Waals surface area contributed by atoms with Crippen LogP contribution in [-0.2, 0) is 4.79 Å². The third-order valence-electron chi connectivity index (χ3n) is 5.55. The summed E-state index contributed by atoms with van der Waals surface area (Å²) in [5.41, 5.74) is 2.66. The Morgan fingerprint density at radius 1 is 1.06 bits per heavy atom. The van der Waals surface area contributed by atoms with Crippen LogP contribution in [0, 0.1) is 0 Å². The van der Waals surface area contributed by atoms with E-state index < -0.39 is 18.8 Å². The summed E-state index contributed by atoms with van der Waals surface area (Å²) in [6, 6.07) is 22.2. The normalized spacial score (nSPS) is 18.4. The van der Waals surface area contributed by atoms with Gasteiger partial charge in [0.1, 0.15) is 11.5 Å². The van der Waals surface area contributed by atoms with Crippen molar-refractivity contribution < 1.29 is 22.7 Å². The maximum Gasteiger partial charge on any atom is 0.422 e. The van der Waals surface area contributed by atoms with E-state index in [4.69, 9.17) is 21.3 Å². The summed E-state index contributed by atoms with van der Waals surface area (Å²) in [6.45, 7) is 0.531. The van der Waals surface area contributed by atoms with Gasteiger partial charge in [0.2, 0.25) is 0 Å². The van der Waals surface area contributed by atoms with Crippen LogP contribution in [0.4, 0.5) is 18.9 Å². The van der Waals surface area contributed by atoms with Gasteiger partial charge in [0.05, 0.1) is 12.1 Å². The summed E-state index contributed by atoms with van der Waals surface area (Å²) in [5, 5.41) is 0.529. The highest BCUT2D eigenvalue weighted by molar-refractivity contribution is 6.46. The van der Waals surface area contributed by atoms with Crippen molar-refractivity contribution in [2.45, 2.75) is 31.6 Å². The zero-order chi connectivity index (χ0) is 24.3. The second kappa shape index (κ2) is 9.89. The average molecular weight is 487 g/mol. The van der Waals surface area contributed by atoms with Gasteiger partial charge in [-0.05, 0) is 54.4 Å². The SMILES string of the molecule is C[C@@H](N=C1C[C@@H](c2cccc(OCC(F)(F)F)c2)N(c2ccc(Cl)cc2)C1=O)c1ccccc1. The molecule has 1 saturated heterocycles. The van der Waals surface area contributed by atoms with Crippen molar-refractivity contribution in [2.24, 2.45) is 4.99 Å². The van der Waals surface area contributed by atoms with Crippen LogP contribution in [0.2, 0.25) is 5.02 Å². The number of carbonyl (C=O) groups is 1. The molecule has 0 spiro atoms. The van der Waals surface area contributed by atoms with Gasteiger partial charge in [-0.2, -0.15) is 13.2 Å². The number of hydrogen-bond acceptors (Lipinski definition) is 3. The summed E-state index contributed by atoms with van der Waals surface area (Å²) in [4.78, 5) is 19.8. The number of anilines is 1. The molecule has 1 heterocycles. The lowest BCUT2D eigenvalue weighted by Crippen LogP contribution is -2.29. The van der Waals surface area contributed by atoms with E-state index in [1.165, 1.54) is 12.1 Å². The first-order valence-corrected chi connectivity index (χ1v) is 11.1. The smallest absolute Gasteiger partial charge is 0.422 e. The van der Waals surface area contributed by atoms with Gasteiger partial charge in [-0.25, -0.2) is 0 Å². The van der Waals surface area contributed by atoms with E-state index in [1.807, 2.05) is 37.3 Å². The van der Waals surface area contributed by atoms with Gasteiger partial charge in [0.25, 0.3) is 5.91 Å². The van der Waals surface area contributed by atoms with Crippen LogP contribution < -0.4 is 9.64 Å². The number of alkyl halides is 3. The molecule has 176 valence electrons. The van der Waals surface area contributed by atoms with Gasteiger partial charge in [-0.1, -0.05) is 54.1 Å². The van der Waals surface area contributed by atoms with Gasteiger partial charge in [0.15, 0.2) is 6.61 Å². The molecule has 2 atom stereocenters. The molecule has 0 aromatic heterocycles. The molecule has 0 N–H and O–H groups in total. The fourth-order valence-electron chi connectivity index (χ4n) is 3.93. The number of carbonyl (C=O) groups excluding carboxylic acids is 1. The van der Waals surface area contributed by atoms with E-state index in [-0.39, 0.29) is 17.7 Å². The minimum atomic E-state index is -4.44. The van der Waals surface area contributed by atoms with E-state index in [0.717, 1.165) is 5.56 Å². The van der Waals surface area contributed by atoms with E-state index in [1.54, 1.807) is 41.3 Å². The quantitative estimate of drug-likeness (QED) is 0.378.